The molecular formula is C18H22ClN9O3. The molecule has 1 N–H and O–H groups in total. The third kappa shape index (κ3) is 4.29. The second-order valence-electron chi connectivity index (χ2n) is 7.22. The Balaban J connectivity index is 1.46. The maximum atomic E-state index is 12.9. The summed E-state index contributed by atoms with van der Waals surface area (Å²) in [6, 6.07) is 0. The summed E-state index contributed by atoms with van der Waals surface area (Å²) in [4.78, 5) is 36.9. The molecule has 4 heterocycles. The smallest absolute Gasteiger partial charge is 0.332 e. The van der Waals surface area contributed by atoms with E-state index in [1.54, 1.807) is 17.9 Å². The first-order valence-electron chi connectivity index (χ1n) is 10.1. The molecule has 0 spiro atoms. The quantitative estimate of drug-likeness (QED) is 0.300. The van der Waals surface area contributed by atoms with Crippen LogP contribution in [-0.4, -0.2) is 44.2 Å². The largest absolute Gasteiger partial charge is 0.332 e. The van der Waals surface area contributed by atoms with Crippen LogP contribution in [0.2, 0.25) is 5.28 Å². The highest BCUT2D eigenvalue weighted by atomic mass is 35.5. The van der Waals surface area contributed by atoms with Crippen LogP contribution in [-0.2, 0) is 26.6 Å². The van der Waals surface area contributed by atoms with Crippen LogP contribution in [0, 0.1) is 0 Å². The van der Waals surface area contributed by atoms with Gasteiger partial charge in [-0.25, -0.2) is 4.79 Å². The molecule has 4 aromatic rings. The molecule has 4 aromatic heterocycles. The van der Waals surface area contributed by atoms with Crippen LogP contribution >= 0.6 is 11.6 Å². The van der Waals surface area contributed by atoms with Crippen LogP contribution in [0.1, 0.15) is 38.4 Å². The third-order valence-electron chi connectivity index (χ3n) is 4.89. The van der Waals surface area contributed by atoms with E-state index in [0.717, 1.165) is 12.8 Å². The molecule has 31 heavy (non-hydrogen) atoms. The van der Waals surface area contributed by atoms with Crippen molar-refractivity contribution in [3.63, 3.8) is 0 Å². The fraction of sp³-hybridized carbons (Fsp3) is 0.500. The van der Waals surface area contributed by atoms with Crippen LogP contribution < -0.4 is 11.2 Å². The van der Waals surface area contributed by atoms with Gasteiger partial charge in [-0.15, -0.1) is 5.10 Å². The number of hydrogen-bond acceptors (Lipinski definition) is 8. The number of H-pyrrole nitrogens is 1. The Bertz CT molecular complexity index is 1310. The lowest BCUT2D eigenvalue weighted by Crippen LogP contribution is -2.40. The molecular weight excluding hydrogens is 426 g/mol. The predicted octanol–water partition coefficient (Wildman–Crippen LogP) is 1.54. The standard InChI is InChI=1S/C18H22ClN9O3/c1-3-4-8-27-14-13(21-17(19)22-14)16(29)28(18(27)30)9-6-5-7-12-20-15(31-24-12)11-10-26(2)25-23-11/h10H,3-9H2,1-2H3,(H,21,22). The van der Waals surface area contributed by atoms with Crippen molar-refractivity contribution in [1.29, 1.82) is 0 Å². The summed E-state index contributed by atoms with van der Waals surface area (Å²) in [5.41, 5.74) is 0.253. The van der Waals surface area contributed by atoms with E-state index >= 15 is 0 Å². The Hall–Kier alpha value is -3.28. The van der Waals surface area contributed by atoms with Crippen molar-refractivity contribution in [3.05, 3.63) is 38.1 Å². The zero-order valence-electron chi connectivity index (χ0n) is 17.2. The first-order chi connectivity index (χ1) is 15.0. The van der Waals surface area contributed by atoms with Gasteiger partial charge in [0, 0.05) is 26.6 Å². The topological polar surface area (TPSA) is 142 Å². The van der Waals surface area contributed by atoms with Crippen molar-refractivity contribution >= 4 is 22.8 Å². The van der Waals surface area contributed by atoms with Gasteiger partial charge in [0.05, 0.1) is 6.20 Å². The highest BCUT2D eigenvalue weighted by Gasteiger charge is 2.17. The minimum absolute atomic E-state index is 0.0884. The van der Waals surface area contributed by atoms with E-state index < -0.39 is 5.56 Å². The van der Waals surface area contributed by atoms with E-state index in [0.29, 0.717) is 48.9 Å². The molecule has 0 atom stereocenters. The van der Waals surface area contributed by atoms with E-state index in [-0.39, 0.29) is 23.0 Å². The van der Waals surface area contributed by atoms with Gasteiger partial charge in [0.25, 0.3) is 11.4 Å². The van der Waals surface area contributed by atoms with Gasteiger partial charge in [0.2, 0.25) is 5.28 Å². The Kier molecular flexibility index (Phi) is 5.98. The Morgan fingerprint density at radius 3 is 2.68 bits per heavy atom. The van der Waals surface area contributed by atoms with Crippen LogP contribution in [0.4, 0.5) is 0 Å². The highest BCUT2D eigenvalue weighted by molar-refractivity contribution is 6.28. The van der Waals surface area contributed by atoms with Crippen molar-refractivity contribution < 1.29 is 4.52 Å². The van der Waals surface area contributed by atoms with E-state index in [2.05, 4.69) is 30.4 Å². The van der Waals surface area contributed by atoms with Crippen molar-refractivity contribution in [3.8, 4) is 11.6 Å². The summed E-state index contributed by atoms with van der Waals surface area (Å²) in [5.74, 6) is 0.837. The number of nitrogens with one attached hydrogen (secondary N) is 1. The van der Waals surface area contributed by atoms with Gasteiger partial charge < -0.3 is 9.51 Å². The van der Waals surface area contributed by atoms with E-state index in [1.807, 2.05) is 6.92 Å². The Labute approximate surface area is 180 Å². The summed E-state index contributed by atoms with van der Waals surface area (Å²) >= 11 is 5.95. The molecule has 0 aliphatic rings. The van der Waals surface area contributed by atoms with E-state index in [9.17, 15) is 9.59 Å². The van der Waals surface area contributed by atoms with Gasteiger partial charge in [0.15, 0.2) is 22.7 Å². The lowest BCUT2D eigenvalue weighted by molar-refractivity contribution is 0.419. The van der Waals surface area contributed by atoms with Gasteiger partial charge in [-0.3, -0.25) is 18.6 Å². The number of fused-ring (bicyclic) bond motifs is 1. The number of unbranched alkanes of at least 4 members (excludes halogenated alkanes) is 2. The number of hydrogen-bond donors (Lipinski definition) is 1. The fourth-order valence-corrected chi connectivity index (χ4v) is 3.49. The maximum Gasteiger partial charge on any atom is 0.332 e. The number of halogens is 1. The van der Waals surface area contributed by atoms with Crippen LogP contribution in [0.5, 0.6) is 0 Å². The van der Waals surface area contributed by atoms with Gasteiger partial charge in [-0.05, 0) is 30.9 Å². The molecule has 4 rings (SSSR count). The molecule has 0 aromatic carbocycles. The number of aryl methyl sites for hydroxylation is 3. The molecule has 13 heteroatoms. The zero-order chi connectivity index (χ0) is 22.0. The summed E-state index contributed by atoms with van der Waals surface area (Å²) in [7, 11) is 1.75. The molecule has 0 radical (unpaired) electrons. The second-order valence-corrected chi connectivity index (χ2v) is 7.58. The first kappa shape index (κ1) is 21.0. The van der Waals surface area contributed by atoms with Crippen LogP contribution in [0.25, 0.3) is 22.7 Å². The molecule has 0 amide bonds. The summed E-state index contributed by atoms with van der Waals surface area (Å²) in [5, 5.41) is 11.8. The summed E-state index contributed by atoms with van der Waals surface area (Å²) in [6.07, 6.45) is 5.19. The van der Waals surface area contributed by atoms with Crippen molar-refractivity contribution in [2.45, 2.75) is 52.1 Å². The van der Waals surface area contributed by atoms with Crippen LogP contribution in [0.3, 0.4) is 0 Å². The molecule has 0 bridgehead atoms. The van der Waals surface area contributed by atoms with Gasteiger partial charge >= 0.3 is 5.69 Å². The lowest BCUT2D eigenvalue weighted by atomic mass is 10.2. The molecule has 0 aliphatic carbocycles. The minimum atomic E-state index is -0.420. The molecule has 0 unspecified atom stereocenters. The summed E-state index contributed by atoms with van der Waals surface area (Å²) < 4.78 is 9.50. The molecule has 12 nitrogen and oxygen atoms in total. The van der Waals surface area contributed by atoms with Crippen molar-refractivity contribution in [2.24, 2.45) is 7.05 Å². The third-order valence-corrected chi connectivity index (χ3v) is 5.07. The predicted molar refractivity (Wildman–Crippen MR) is 112 cm³/mol. The molecule has 0 aliphatic heterocycles. The van der Waals surface area contributed by atoms with E-state index in [1.165, 1.54) is 9.13 Å². The zero-order valence-corrected chi connectivity index (χ0v) is 18.0. The number of rotatable bonds is 9. The number of aromatic nitrogens is 9. The normalized spacial score (nSPS) is 11.6. The van der Waals surface area contributed by atoms with Crippen molar-refractivity contribution in [2.75, 3.05) is 0 Å². The summed E-state index contributed by atoms with van der Waals surface area (Å²) in [6.45, 7) is 2.77. The fourth-order valence-electron chi connectivity index (χ4n) is 3.31. The molecule has 0 fully saturated rings. The number of imidazole rings is 1. The first-order valence-corrected chi connectivity index (χ1v) is 10.4. The Morgan fingerprint density at radius 2 is 1.94 bits per heavy atom. The SMILES string of the molecule is CCCCn1c(=O)n(CCCCc2noc(-c3cn(C)nn3)n2)c(=O)c2[nH]c(Cl)nc21. The average molecular weight is 448 g/mol. The van der Waals surface area contributed by atoms with Gasteiger partial charge in [0.1, 0.15) is 0 Å². The molecule has 164 valence electrons. The number of aromatic amines is 1. The van der Waals surface area contributed by atoms with Gasteiger partial charge in [-0.1, -0.05) is 23.7 Å². The van der Waals surface area contributed by atoms with Crippen LogP contribution in [0.15, 0.2) is 20.3 Å². The number of nitrogens with zero attached hydrogens (tertiary/aromatic N) is 8. The monoisotopic (exact) mass is 447 g/mol. The van der Waals surface area contributed by atoms with E-state index in [4.69, 9.17) is 16.1 Å². The Morgan fingerprint density at radius 1 is 1.13 bits per heavy atom. The lowest BCUT2D eigenvalue weighted by Gasteiger charge is -2.10. The van der Waals surface area contributed by atoms with Crippen molar-refractivity contribution in [1.82, 2.24) is 44.2 Å². The second kappa shape index (κ2) is 8.84. The molecule has 0 saturated heterocycles. The minimum Gasteiger partial charge on any atom is -0.332 e. The molecule has 0 saturated carbocycles. The highest BCUT2D eigenvalue weighted by Crippen LogP contribution is 2.14. The average Bonchev–Trinajstić information content (AvgIpc) is 3.47. The maximum absolute atomic E-state index is 12.9. The van der Waals surface area contributed by atoms with Gasteiger partial charge in [-0.2, -0.15) is 9.97 Å².